The first-order valence-corrected chi connectivity index (χ1v) is 9.37. The second-order valence-corrected chi connectivity index (χ2v) is 6.96. The van der Waals surface area contributed by atoms with Crippen LogP contribution >= 0.6 is 0 Å². The molecule has 0 fully saturated rings. The third kappa shape index (κ3) is 2.62. The third-order valence-electron chi connectivity index (χ3n) is 5.41. The van der Waals surface area contributed by atoms with Crippen LogP contribution in [0.3, 0.4) is 0 Å². The number of halogens is 1. The van der Waals surface area contributed by atoms with E-state index in [1.807, 2.05) is 29.8 Å². The third-order valence-corrected chi connectivity index (χ3v) is 5.41. The van der Waals surface area contributed by atoms with Gasteiger partial charge >= 0.3 is 0 Å². The number of benzene rings is 2. The Morgan fingerprint density at radius 3 is 2.89 bits per heavy atom. The number of rotatable bonds is 3. The van der Waals surface area contributed by atoms with Crippen LogP contribution in [-0.2, 0) is 6.54 Å². The normalized spacial score (nSPS) is 18.6. The number of anilines is 1. The monoisotopic (exact) mass is 374 g/mol. The van der Waals surface area contributed by atoms with Crippen LogP contribution in [0.15, 0.2) is 55.0 Å². The summed E-state index contributed by atoms with van der Waals surface area (Å²) in [7, 11) is 0. The molecule has 2 aromatic carbocycles. The number of hydrogen-bond donors (Lipinski definition) is 1. The fraction of sp³-hybridized carbons (Fsp3) is 0.238. The maximum atomic E-state index is 14.2. The summed E-state index contributed by atoms with van der Waals surface area (Å²) < 4.78 is 16.1. The Morgan fingerprint density at radius 2 is 2.07 bits per heavy atom. The number of nitrogens with one attached hydrogen (secondary N) is 1. The van der Waals surface area contributed by atoms with E-state index in [9.17, 15) is 4.39 Å². The Hall–Kier alpha value is -3.35. The highest BCUT2D eigenvalue weighted by Crippen LogP contribution is 2.43. The smallest absolute Gasteiger partial charge is 0.138 e. The van der Waals surface area contributed by atoms with Crippen molar-refractivity contribution < 1.29 is 4.39 Å². The molecule has 6 nitrogen and oxygen atoms in total. The molecule has 0 amide bonds. The molecule has 4 aromatic rings. The molecule has 5 rings (SSSR count). The topological polar surface area (TPSA) is 68.5 Å². The van der Waals surface area contributed by atoms with E-state index in [2.05, 4.69) is 37.7 Å². The van der Waals surface area contributed by atoms with Gasteiger partial charge in [-0.15, -0.1) is 0 Å². The predicted octanol–water partition coefficient (Wildman–Crippen LogP) is 3.72. The van der Waals surface area contributed by atoms with Crippen LogP contribution in [0.25, 0.3) is 10.8 Å². The highest BCUT2D eigenvalue weighted by Gasteiger charge is 2.35. The van der Waals surface area contributed by atoms with Crippen LogP contribution in [-0.4, -0.2) is 31.5 Å². The second-order valence-electron chi connectivity index (χ2n) is 6.96. The van der Waals surface area contributed by atoms with Crippen molar-refractivity contribution in [3.63, 3.8) is 0 Å². The van der Waals surface area contributed by atoms with Crippen LogP contribution in [0.2, 0.25) is 0 Å². The number of nitrogens with zero attached hydrogens (tertiary/aromatic N) is 5. The average molecular weight is 374 g/mol. The Bertz CT molecular complexity index is 1140. The number of aromatic nitrogens is 5. The molecule has 0 bridgehead atoms. The number of hydrogen-bond acceptors (Lipinski definition) is 5. The summed E-state index contributed by atoms with van der Waals surface area (Å²) in [5.41, 5.74) is 2.71. The zero-order chi connectivity index (χ0) is 19.1. The van der Waals surface area contributed by atoms with Gasteiger partial charge in [0.1, 0.15) is 18.0 Å². The molecule has 3 heterocycles. The maximum Gasteiger partial charge on any atom is 0.138 e. The van der Waals surface area contributed by atoms with Gasteiger partial charge in [-0.05, 0) is 24.6 Å². The molecule has 0 saturated carbocycles. The fourth-order valence-electron chi connectivity index (χ4n) is 4.17. The minimum Gasteiger partial charge on any atom is -0.384 e. The van der Waals surface area contributed by atoms with Gasteiger partial charge in [-0.2, -0.15) is 15.3 Å². The van der Waals surface area contributed by atoms with Gasteiger partial charge in [0.05, 0.1) is 17.8 Å². The lowest BCUT2D eigenvalue weighted by Gasteiger charge is -2.25. The molecule has 28 heavy (non-hydrogen) atoms. The summed E-state index contributed by atoms with van der Waals surface area (Å²) in [5, 5.41) is 18.2. The molecule has 1 N–H and O–H groups in total. The Labute approximate surface area is 161 Å². The van der Waals surface area contributed by atoms with Crippen molar-refractivity contribution in [1.82, 2.24) is 25.0 Å². The summed E-state index contributed by atoms with van der Waals surface area (Å²) in [4.78, 5) is 4.59. The quantitative estimate of drug-likeness (QED) is 0.592. The van der Waals surface area contributed by atoms with Crippen molar-refractivity contribution >= 4 is 16.5 Å². The van der Waals surface area contributed by atoms with E-state index in [-0.39, 0.29) is 17.7 Å². The standard InChI is InChI=1S/C21H19FN6/c1-2-28-21(24-12-26-28)19-16(13-6-4-3-5-7-13)11-23-17-9-15(22)8-14-10-25-27-20(19)18(14)17/h3-10,12,16,19,23H,2,11H2,1H3. The van der Waals surface area contributed by atoms with E-state index in [4.69, 9.17) is 0 Å². The molecule has 0 saturated heterocycles. The molecular weight excluding hydrogens is 355 g/mol. The van der Waals surface area contributed by atoms with Crippen molar-refractivity contribution in [1.29, 1.82) is 0 Å². The molecule has 2 aromatic heterocycles. The Morgan fingerprint density at radius 1 is 1.21 bits per heavy atom. The molecule has 0 spiro atoms. The predicted molar refractivity (Wildman–Crippen MR) is 105 cm³/mol. The van der Waals surface area contributed by atoms with Crippen molar-refractivity contribution in [2.45, 2.75) is 25.3 Å². The molecule has 2 unspecified atom stereocenters. The van der Waals surface area contributed by atoms with Crippen LogP contribution < -0.4 is 5.32 Å². The zero-order valence-corrected chi connectivity index (χ0v) is 15.4. The van der Waals surface area contributed by atoms with Crippen molar-refractivity contribution in [2.75, 3.05) is 11.9 Å². The lowest BCUT2D eigenvalue weighted by Crippen LogP contribution is -2.23. The van der Waals surface area contributed by atoms with Gasteiger partial charge in [-0.3, -0.25) is 0 Å². The summed E-state index contributed by atoms with van der Waals surface area (Å²) in [6.45, 7) is 3.38. The summed E-state index contributed by atoms with van der Waals surface area (Å²) in [5.74, 6) is 0.448. The minimum atomic E-state index is -0.291. The molecule has 0 aliphatic carbocycles. The summed E-state index contributed by atoms with van der Waals surface area (Å²) in [6.07, 6.45) is 3.19. The molecule has 140 valence electrons. The van der Waals surface area contributed by atoms with E-state index in [1.165, 1.54) is 12.1 Å². The molecular formula is C21H19FN6. The van der Waals surface area contributed by atoms with E-state index >= 15 is 0 Å². The van der Waals surface area contributed by atoms with Gasteiger partial charge in [0.15, 0.2) is 0 Å². The Balaban J connectivity index is 1.81. The second kappa shape index (κ2) is 6.67. The van der Waals surface area contributed by atoms with Gasteiger partial charge in [-0.25, -0.2) is 14.1 Å². The first kappa shape index (κ1) is 16.8. The van der Waals surface area contributed by atoms with E-state index in [1.54, 1.807) is 12.5 Å². The molecule has 7 heteroatoms. The lowest BCUT2D eigenvalue weighted by molar-refractivity contribution is 0.528. The van der Waals surface area contributed by atoms with Crippen LogP contribution in [0.5, 0.6) is 0 Å². The first-order valence-electron chi connectivity index (χ1n) is 9.37. The molecule has 1 aliphatic heterocycles. The van der Waals surface area contributed by atoms with Crippen molar-refractivity contribution in [2.24, 2.45) is 0 Å². The zero-order valence-electron chi connectivity index (χ0n) is 15.4. The van der Waals surface area contributed by atoms with E-state index in [0.29, 0.717) is 13.1 Å². The summed E-state index contributed by atoms with van der Waals surface area (Å²) >= 11 is 0. The van der Waals surface area contributed by atoms with Gasteiger partial charge in [-0.1, -0.05) is 30.3 Å². The lowest BCUT2D eigenvalue weighted by atomic mass is 9.82. The molecule has 2 atom stereocenters. The maximum absolute atomic E-state index is 14.2. The van der Waals surface area contributed by atoms with Gasteiger partial charge in [0, 0.05) is 35.5 Å². The first-order chi connectivity index (χ1) is 13.8. The van der Waals surface area contributed by atoms with E-state index in [0.717, 1.165) is 33.5 Å². The average Bonchev–Trinajstić information content (AvgIpc) is 3.12. The van der Waals surface area contributed by atoms with Crippen molar-refractivity contribution in [3.8, 4) is 0 Å². The van der Waals surface area contributed by atoms with Gasteiger partial charge in [0.25, 0.3) is 0 Å². The highest BCUT2D eigenvalue weighted by molar-refractivity contribution is 5.96. The van der Waals surface area contributed by atoms with Gasteiger partial charge in [0.2, 0.25) is 0 Å². The Kier molecular flexibility index (Phi) is 4.00. The van der Waals surface area contributed by atoms with Crippen LogP contribution in [0.1, 0.15) is 35.8 Å². The van der Waals surface area contributed by atoms with Gasteiger partial charge < -0.3 is 5.32 Å². The molecule has 1 aliphatic rings. The van der Waals surface area contributed by atoms with Crippen LogP contribution in [0, 0.1) is 5.82 Å². The highest BCUT2D eigenvalue weighted by atomic mass is 19.1. The molecule has 0 radical (unpaired) electrons. The fourth-order valence-corrected chi connectivity index (χ4v) is 4.17. The minimum absolute atomic E-state index is 0.0473. The number of aryl methyl sites for hydroxylation is 1. The SMILES string of the molecule is CCn1ncnc1C1c2nncc3cc(F)cc(c23)NCC1c1ccccc1. The van der Waals surface area contributed by atoms with Crippen molar-refractivity contribution in [3.05, 3.63) is 77.9 Å². The van der Waals surface area contributed by atoms with Crippen LogP contribution in [0.4, 0.5) is 10.1 Å². The van der Waals surface area contributed by atoms with E-state index < -0.39 is 0 Å². The summed E-state index contributed by atoms with van der Waals surface area (Å²) in [6, 6.07) is 13.3. The largest absolute Gasteiger partial charge is 0.384 e.